The molecule has 2 aromatic rings. The van der Waals surface area contributed by atoms with Crippen molar-refractivity contribution < 1.29 is 9.53 Å². The Labute approximate surface area is 138 Å². The normalized spacial score (nSPS) is 11.2. The minimum absolute atomic E-state index is 0.00527. The highest BCUT2D eigenvalue weighted by atomic mass is 16.5. The quantitative estimate of drug-likeness (QED) is 0.895. The summed E-state index contributed by atoms with van der Waals surface area (Å²) in [4.78, 5) is 12.0. The van der Waals surface area contributed by atoms with Crippen molar-refractivity contribution in [2.45, 2.75) is 40.0 Å². The van der Waals surface area contributed by atoms with E-state index in [-0.39, 0.29) is 17.9 Å². The maximum Gasteiger partial charge on any atom is 0.262 e. The molecule has 0 saturated heterocycles. The highest BCUT2D eigenvalue weighted by molar-refractivity contribution is 5.91. The van der Waals surface area contributed by atoms with E-state index in [1.54, 1.807) is 0 Å². The van der Waals surface area contributed by atoms with Crippen LogP contribution in [0.5, 0.6) is 5.75 Å². The van der Waals surface area contributed by atoms with E-state index in [0.717, 1.165) is 22.6 Å². The van der Waals surface area contributed by atoms with Gasteiger partial charge in [-0.1, -0.05) is 45.0 Å². The summed E-state index contributed by atoms with van der Waals surface area (Å²) in [7, 11) is 0. The Bertz CT molecular complexity index is 682. The summed E-state index contributed by atoms with van der Waals surface area (Å²) >= 11 is 0. The molecule has 122 valence electrons. The van der Waals surface area contributed by atoms with Gasteiger partial charge in [-0.3, -0.25) is 4.79 Å². The number of rotatable bonds is 4. The lowest BCUT2D eigenvalue weighted by Crippen LogP contribution is -2.20. The highest BCUT2D eigenvalue weighted by Gasteiger charge is 2.13. The number of benzene rings is 2. The van der Waals surface area contributed by atoms with Crippen LogP contribution in [0.3, 0.4) is 0 Å². The van der Waals surface area contributed by atoms with Crippen LogP contribution in [-0.4, -0.2) is 12.5 Å². The predicted octanol–water partition coefficient (Wildman–Crippen LogP) is 4.62. The van der Waals surface area contributed by atoms with E-state index in [1.165, 1.54) is 5.56 Å². The first-order chi connectivity index (χ1) is 10.8. The second-order valence-electron chi connectivity index (χ2n) is 6.93. The van der Waals surface area contributed by atoms with Crippen LogP contribution in [0, 0.1) is 13.8 Å². The Morgan fingerprint density at radius 1 is 1.04 bits per heavy atom. The first-order valence-electron chi connectivity index (χ1n) is 7.86. The van der Waals surface area contributed by atoms with E-state index in [0.29, 0.717) is 0 Å². The third-order valence-corrected chi connectivity index (χ3v) is 3.74. The van der Waals surface area contributed by atoms with Crippen LogP contribution in [0.4, 0.5) is 5.69 Å². The zero-order chi connectivity index (χ0) is 17.0. The van der Waals surface area contributed by atoms with Crippen molar-refractivity contribution >= 4 is 11.6 Å². The molecule has 1 amide bonds. The third-order valence-electron chi connectivity index (χ3n) is 3.74. The molecular weight excluding hydrogens is 286 g/mol. The Morgan fingerprint density at radius 3 is 2.30 bits per heavy atom. The van der Waals surface area contributed by atoms with Gasteiger partial charge in [0, 0.05) is 5.69 Å². The number of carbonyl (C=O) groups is 1. The molecule has 0 fully saturated rings. The number of hydrogen-bond acceptors (Lipinski definition) is 2. The number of anilines is 1. The Balaban J connectivity index is 1.93. The monoisotopic (exact) mass is 311 g/mol. The fourth-order valence-electron chi connectivity index (χ4n) is 2.26. The van der Waals surface area contributed by atoms with E-state index >= 15 is 0 Å². The SMILES string of the molecule is Cc1ccc(C)c(OCC(=O)Nc2ccc(C(C)(C)C)cc2)c1. The Morgan fingerprint density at radius 2 is 1.70 bits per heavy atom. The zero-order valence-electron chi connectivity index (χ0n) is 14.6. The molecule has 0 aromatic heterocycles. The van der Waals surface area contributed by atoms with Crippen molar-refractivity contribution in [3.8, 4) is 5.75 Å². The van der Waals surface area contributed by atoms with E-state index < -0.39 is 0 Å². The maximum absolute atomic E-state index is 12.0. The van der Waals surface area contributed by atoms with Crippen LogP contribution in [0.15, 0.2) is 42.5 Å². The van der Waals surface area contributed by atoms with Crippen molar-refractivity contribution in [1.82, 2.24) is 0 Å². The van der Waals surface area contributed by atoms with Crippen LogP contribution in [0.1, 0.15) is 37.5 Å². The molecule has 0 saturated carbocycles. The molecule has 23 heavy (non-hydrogen) atoms. The van der Waals surface area contributed by atoms with Crippen LogP contribution < -0.4 is 10.1 Å². The molecule has 3 nitrogen and oxygen atoms in total. The van der Waals surface area contributed by atoms with Gasteiger partial charge in [0.05, 0.1) is 0 Å². The molecule has 0 aliphatic heterocycles. The van der Waals surface area contributed by atoms with Gasteiger partial charge in [-0.15, -0.1) is 0 Å². The van der Waals surface area contributed by atoms with Crippen LogP contribution in [0.2, 0.25) is 0 Å². The summed E-state index contributed by atoms with van der Waals surface area (Å²) in [5, 5.41) is 2.86. The number of carbonyl (C=O) groups excluding carboxylic acids is 1. The van der Waals surface area contributed by atoms with E-state index in [1.807, 2.05) is 56.3 Å². The lowest BCUT2D eigenvalue weighted by atomic mass is 9.87. The fourth-order valence-corrected chi connectivity index (χ4v) is 2.26. The topological polar surface area (TPSA) is 38.3 Å². The number of hydrogen-bond donors (Lipinski definition) is 1. The standard InChI is InChI=1S/C20H25NO2/c1-14-6-7-15(2)18(12-14)23-13-19(22)21-17-10-8-16(9-11-17)20(3,4)5/h6-12H,13H2,1-5H3,(H,21,22). The molecule has 1 N–H and O–H groups in total. The lowest BCUT2D eigenvalue weighted by Gasteiger charge is -2.19. The number of nitrogens with one attached hydrogen (secondary N) is 1. The minimum atomic E-state index is -0.158. The van der Waals surface area contributed by atoms with Gasteiger partial charge < -0.3 is 10.1 Å². The minimum Gasteiger partial charge on any atom is -0.483 e. The third kappa shape index (κ3) is 4.85. The lowest BCUT2D eigenvalue weighted by molar-refractivity contribution is -0.118. The number of ether oxygens (including phenoxy) is 1. The summed E-state index contributed by atoms with van der Waals surface area (Å²) in [5.74, 6) is 0.595. The van der Waals surface area contributed by atoms with Crippen molar-refractivity contribution in [3.05, 3.63) is 59.2 Å². The predicted molar refractivity (Wildman–Crippen MR) is 95.2 cm³/mol. The zero-order valence-corrected chi connectivity index (χ0v) is 14.6. The van der Waals surface area contributed by atoms with E-state index in [4.69, 9.17) is 4.74 Å². The van der Waals surface area contributed by atoms with Crippen LogP contribution in [-0.2, 0) is 10.2 Å². The summed E-state index contributed by atoms with van der Waals surface area (Å²) in [6.07, 6.45) is 0. The molecule has 0 aliphatic rings. The van der Waals surface area contributed by atoms with Crippen molar-refractivity contribution in [2.75, 3.05) is 11.9 Å². The molecule has 0 bridgehead atoms. The number of amides is 1. The summed E-state index contributed by atoms with van der Waals surface area (Å²) in [6.45, 7) is 10.5. The van der Waals surface area contributed by atoms with E-state index in [9.17, 15) is 4.79 Å². The van der Waals surface area contributed by atoms with Gasteiger partial charge in [0.1, 0.15) is 5.75 Å². The average molecular weight is 311 g/mol. The smallest absolute Gasteiger partial charge is 0.262 e. The molecule has 0 atom stereocenters. The first-order valence-corrected chi connectivity index (χ1v) is 7.86. The average Bonchev–Trinajstić information content (AvgIpc) is 2.48. The second-order valence-corrected chi connectivity index (χ2v) is 6.93. The summed E-state index contributed by atoms with van der Waals surface area (Å²) < 4.78 is 5.62. The van der Waals surface area contributed by atoms with Crippen molar-refractivity contribution in [2.24, 2.45) is 0 Å². The van der Waals surface area contributed by atoms with Gasteiger partial charge in [0.2, 0.25) is 0 Å². The fraction of sp³-hybridized carbons (Fsp3) is 0.350. The number of aryl methyl sites for hydroxylation is 2. The molecule has 2 aromatic carbocycles. The van der Waals surface area contributed by atoms with Crippen molar-refractivity contribution in [3.63, 3.8) is 0 Å². The molecule has 2 rings (SSSR count). The van der Waals surface area contributed by atoms with E-state index in [2.05, 4.69) is 26.1 Å². The first kappa shape index (κ1) is 17.1. The molecule has 0 radical (unpaired) electrons. The Kier molecular flexibility index (Phi) is 5.09. The van der Waals surface area contributed by atoms with Crippen LogP contribution in [0.25, 0.3) is 0 Å². The molecular formula is C20H25NO2. The molecule has 3 heteroatoms. The van der Waals surface area contributed by atoms with Gasteiger partial charge in [0.15, 0.2) is 6.61 Å². The van der Waals surface area contributed by atoms with Crippen molar-refractivity contribution in [1.29, 1.82) is 0 Å². The van der Waals surface area contributed by atoms with Gasteiger partial charge >= 0.3 is 0 Å². The molecule has 0 unspecified atom stereocenters. The van der Waals surface area contributed by atoms with Gasteiger partial charge in [0.25, 0.3) is 5.91 Å². The molecule has 0 aliphatic carbocycles. The second kappa shape index (κ2) is 6.86. The largest absolute Gasteiger partial charge is 0.483 e. The summed E-state index contributed by atoms with van der Waals surface area (Å²) in [5.41, 5.74) is 4.27. The van der Waals surface area contributed by atoms with Gasteiger partial charge in [-0.25, -0.2) is 0 Å². The maximum atomic E-state index is 12.0. The van der Waals surface area contributed by atoms with Gasteiger partial charge in [-0.2, -0.15) is 0 Å². The molecule has 0 heterocycles. The Hall–Kier alpha value is -2.29. The highest BCUT2D eigenvalue weighted by Crippen LogP contribution is 2.23. The summed E-state index contributed by atoms with van der Waals surface area (Å²) in [6, 6.07) is 13.9. The van der Waals surface area contributed by atoms with Crippen LogP contribution >= 0.6 is 0 Å². The van der Waals surface area contributed by atoms with Gasteiger partial charge in [-0.05, 0) is 54.2 Å². The molecule has 0 spiro atoms.